The fraction of sp³-hybridized carbons (Fsp3) is 0.0400. The fourth-order valence-corrected chi connectivity index (χ4v) is 16.9. The van der Waals surface area contributed by atoms with Crippen LogP contribution in [0.2, 0.25) is 0 Å². The van der Waals surface area contributed by atoms with Gasteiger partial charge < -0.3 is 9.80 Å². The third-order valence-corrected chi connectivity index (χ3v) is 21.5. The van der Waals surface area contributed by atoms with E-state index in [4.69, 9.17) is 0 Å². The van der Waals surface area contributed by atoms with Gasteiger partial charge in [0.05, 0.1) is 22.2 Å². The van der Waals surface area contributed by atoms with Crippen molar-refractivity contribution in [2.24, 2.45) is 0 Å². The van der Waals surface area contributed by atoms with Gasteiger partial charge in [0.15, 0.2) is 0 Å². The van der Waals surface area contributed by atoms with Gasteiger partial charge in [-0.25, -0.2) is 0 Å². The molecule has 2 aliphatic rings. The van der Waals surface area contributed by atoms with Crippen LogP contribution in [0.1, 0.15) is 55.6 Å². The Balaban J connectivity index is 0.709. The molecule has 0 heterocycles. The van der Waals surface area contributed by atoms with E-state index in [-0.39, 0.29) is 0 Å². The molecule has 0 N–H and O–H groups in total. The summed E-state index contributed by atoms with van der Waals surface area (Å²) in [5, 5.41) is 0. The average Bonchev–Trinajstić information content (AvgIpc) is 1.54. The first-order valence-corrected chi connectivity index (χ1v) is 35.5. The SMILES string of the molecule is Cc1cc(N(c2ccc(-c3ccc4c(c3)C(c3ccccc3)(c3ccccc3)c3ccccc3-4)cc2)c2ccccc2-c2ccccc2)ccc1-c1ccc(N(c2ccc(-c3ccc4c(c3)C(c3ccccc3)(c3ccccc3)c3ccccc3-4)cc2)c2ccccc2-c2ccccc2)cc1C. The summed E-state index contributed by atoms with van der Waals surface area (Å²) in [6.45, 7) is 4.53. The Morgan fingerprint density at radius 3 is 0.784 bits per heavy atom. The highest BCUT2D eigenvalue weighted by molar-refractivity contribution is 5.95. The van der Waals surface area contributed by atoms with Crippen molar-refractivity contribution in [2.45, 2.75) is 24.7 Å². The molecular weight excluding hydrogens is 1230 g/mol. The zero-order valence-corrected chi connectivity index (χ0v) is 57.0. The number of nitrogens with zero attached hydrogens (tertiary/aromatic N) is 2. The quantitative estimate of drug-likeness (QED) is 0.101. The van der Waals surface area contributed by atoms with Crippen LogP contribution in [0.15, 0.2) is 400 Å². The molecule has 0 radical (unpaired) electrons. The number of rotatable bonds is 15. The molecule has 482 valence electrons. The number of hydrogen-bond donors (Lipinski definition) is 0. The first kappa shape index (κ1) is 61.5. The third-order valence-electron chi connectivity index (χ3n) is 21.5. The van der Waals surface area contributed by atoms with Crippen LogP contribution >= 0.6 is 0 Å². The van der Waals surface area contributed by atoms with Gasteiger partial charge >= 0.3 is 0 Å². The van der Waals surface area contributed by atoms with Crippen molar-refractivity contribution in [1.82, 2.24) is 0 Å². The molecule has 0 amide bonds. The molecule has 0 saturated carbocycles. The Kier molecular flexibility index (Phi) is 15.5. The molecule has 102 heavy (non-hydrogen) atoms. The van der Waals surface area contributed by atoms with Crippen molar-refractivity contribution in [3.63, 3.8) is 0 Å². The standard InChI is InChI=1S/C100H72N2/c1-69-65-83(101(97-47-27-23-41-87(97)73-29-9-3-10-30-73)81-55-49-71(50-56-81)75-53-61-91-89-43-21-25-45-93(89)99(95(91)67-75,77-33-13-5-14-34-77)78-35-15-6-16-36-78)59-63-85(69)86-64-60-84(66-70(86)2)102(98-48-28-24-42-88(98)74-31-11-4-12-32-74)82-57-51-72(52-58-82)76-54-62-92-90-44-22-26-46-94(90)100(96(92)68-76,79-37-17-7-18-38-79)80-39-19-8-20-40-80/h3-68H,1-2H3. The molecule has 16 aromatic carbocycles. The fourth-order valence-electron chi connectivity index (χ4n) is 16.9. The molecule has 16 aromatic rings. The molecule has 0 spiro atoms. The van der Waals surface area contributed by atoms with Crippen LogP contribution in [0, 0.1) is 13.8 Å². The van der Waals surface area contributed by atoms with Gasteiger partial charge in [0.1, 0.15) is 0 Å². The van der Waals surface area contributed by atoms with E-state index in [1.165, 1.54) is 100 Å². The van der Waals surface area contributed by atoms with Crippen LogP contribution in [-0.4, -0.2) is 0 Å². The highest BCUT2D eigenvalue weighted by atomic mass is 15.2. The van der Waals surface area contributed by atoms with E-state index >= 15 is 0 Å². The predicted octanol–water partition coefficient (Wildman–Crippen LogP) is 26.3. The van der Waals surface area contributed by atoms with Gasteiger partial charge in [0.2, 0.25) is 0 Å². The van der Waals surface area contributed by atoms with E-state index in [0.29, 0.717) is 0 Å². The lowest BCUT2D eigenvalue weighted by Crippen LogP contribution is -2.28. The molecule has 0 saturated heterocycles. The maximum Gasteiger partial charge on any atom is 0.0713 e. The minimum Gasteiger partial charge on any atom is -0.310 e. The number of hydrogen-bond acceptors (Lipinski definition) is 2. The van der Waals surface area contributed by atoms with Crippen LogP contribution < -0.4 is 9.80 Å². The smallest absolute Gasteiger partial charge is 0.0713 e. The van der Waals surface area contributed by atoms with E-state index in [1.54, 1.807) is 0 Å². The molecule has 0 unspecified atom stereocenters. The van der Waals surface area contributed by atoms with Crippen molar-refractivity contribution in [2.75, 3.05) is 9.80 Å². The highest BCUT2D eigenvalue weighted by Crippen LogP contribution is 2.59. The largest absolute Gasteiger partial charge is 0.310 e. The minimum atomic E-state index is -0.488. The van der Waals surface area contributed by atoms with Crippen molar-refractivity contribution in [3.05, 3.63) is 456 Å². The Hall–Kier alpha value is -12.9. The van der Waals surface area contributed by atoms with E-state index in [0.717, 1.165) is 67.5 Å². The predicted molar refractivity (Wildman–Crippen MR) is 427 cm³/mol. The lowest BCUT2D eigenvalue weighted by molar-refractivity contribution is 0.769. The maximum absolute atomic E-state index is 2.46. The normalized spacial score (nSPS) is 12.8. The van der Waals surface area contributed by atoms with Gasteiger partial charge in [-0.1, -0.05) is 328 Å². The van der Waals surface area contributed by atoms with Gasteiger partial charge in [-0.15, -0.1) is 0 Å². The number of aryl methyl sites for hydroxylation is 2. The second-order valence-corrected chi connectivity index (χ2v) is 27.1. The summed E-state index contributed by atoms with van der Waals surface area (Å²) in [5.74, 6) is 0. The van der Waals surface area contributed by atoms with Crippen LogP contribution in [0.3, 0.4) is 0 Å². The Bertz CT molecular complexity index is 5310. The maximum atomic E-state index is 2.46. The molecule has 0 aromatic heterocycles. The van der Waals surface area contributed by atoms with Crippen LogP contribution in [0.25, 0.3) is 77.9 Å². The summed E-state index contributed by atoms with van der Waals surface area (Å²) in [5.41, 5.74) is 34.9. The lowest BCUT2D eigenvalue weighted by Gasteiger charge is -2.34. The zero-order valence-electron chi connectivity index (χ0n) is 57.0. The summed E-state index contributed by atoms with van der Waals surface area (Å²) in [7, 11) is 0. The second kappa shape index (κ2) is 25.8. The van der Waals surface area contributed by atoms with E-state index in [9.17, 15) is 0 Å². The van der Waals surface area contributed by atoms with E-state index in [2.05, 4.69) is 424 Å². The molecule has 0 bridgehead atoms. The number of benzene rings is 16. The molecule has 0 fully saturated rings. The van der Waals surface area contributed by atoms with Gasteiger partial charge in [0, 0.05) is 33.9 Å². The first-order valence-electron chi connectivity index (χ1n) is 35.5. The average molecular weight is 1300 g/mol. The summed E-state index contributed by atoms with van der Waals surface area (Å²) in [6, 6.07) is 148. The van der Waals surface area contributed by atoms with Gasteiger partial charge in [-0.3, -0.25) is 0 Å². The van der Waals surface area contributed by atoms with Crippen LogP contribution in [-0.2, 0) is 10.8 Å². The van der Waals surface area contributed by atoms with Crippen molar-refractivity contribution in [3.8, 4) is 77.9 Å². The van der Waals surface area contributed by atoms with Crippen molar-refractivity contribution < 1.29 is 0 Å². The zero-order chi connectivity index (χ0) is 68.1. The van der Waals surface area contributed by atoms with Gasteiger partial charge in [0.25, 0.3) is 0 Å². The number of para-hydroxylation sites is 2. The lowest BCUT2D eigenvalue weighted by atomic mass is 9.67. The molecule has 18 rings (SSSR count). The summed E-state index contributed by atoms with van der Waals surface area (Å²) in [6.07, 6.45) is 0. The topological polar surface area (TPSA) is 6.48 Å². The summed E-state index contributed by atoms with van der Waals surface area (Å²) < 4.78 is 0. The van der Waals surface area contributed by atoms with Crippen LogP contribution in [0.5, 0.6) is 0 Å². The van der Waals surface area contributed by atoms with Crippen molar-refractivity contribution >= 4 is 34.1 Å². The Labute approximate surface area is 598 Å². The number of fused-ring (bicyclic) bond motifs is 6. The van der Waals surface area contributed by atoms with E-state index in [1.807, 2.05) is 0 Å². The molecule has 2 nitrogen and oxygen atoms in total. The van der Waals surface area contributed by atoms with Gasteiger partial charge in [-0.2, -0.15) is 0 Å². The third kappa shape index (κ3) is 10.2. The number of anilines is 6. The van der Waals surface area contributed by atoms with E-state index < -0.39 is 10.8 Å². The molecule has 2 heteroatoms. The van der Waals surface area contributed by atoms with Crippen LogP contribution in [0.4, 0.5) is 34.1 Å². The Morgan fingerprint density at radius 1 is 0.176 bits per heavy atom. The first-order chi connectivity index (χ1) is 50.4. The molecule has 0 aliphatic heterocycles. The monoisotopic (exact) mass is 1300 g/mol. The van der Waals surface area contributed by atoms with Crippen molar-refractivity contribution in [1.29, 1.82) is 0 Å². The molecule has 2 aliphatic carbocycles. The van der Waals surface area contributed by atoms with Gasteiger partial charge in [-0.05, 0) is 209 Å². The minimum absolute atomic E-state index is 0.488. The summed E-state index contributed by atoms with van der Waals surface area (Å²) in [4.78, 5) is 4.88. The highest BCUT2D eigenvalue weighted by Gasteiger charge is 2.48. The summed E-state index contributed by atoms with van der Waals surface area (Å²) >= 11 is 0. The molecule has 0 atom stereocenters. The second-order valence-electron chi connectivity index (χ2n) is 27.1. The Morgan fingerprint density at radius 2 is 0.441 bits per heavy atom. The molecular formula is C100H72N2.